The molecule has 0 aliphatic heterocycles. The van der Waals surface area contributed by atoms with Crippen LogP contribution in [0.25, 0.3) is 10.8 Å². The summed E-state index contributed by atoms with van der Waals surface area (Å²) in [7, 11) is 0. The monoisotopic (exact) mass is 637 g/mol. The van der Waals surface area contributed by atoms with Crippen LogP contribution in [0.3, 0.4) is 0 Å². The number of unbranched alkanes of at least 4 members (excludes halogenated alkanes) is 1. The van der Waals surface area contributed by atoms with Crippen LogP contribution in [0, 0.1) is 5.82 Å². The number of esters is 1. The van der Waals surface area contributed by atoms with Gasteiger partial charge < -0.3 is 30.7 Å². The van der Waals surface area contributed by atoms with Crippen LogP contribution in [0.15, 0.2) is 54.6 Å². The van der Waals surface area contributed by atoms with Crippen molar-refractivity contribution < 1.29 is 28.3 Å². The Morgan fingerprint density at radius 1 is 0.848 bits per heavy atom. The average molecular weight is 638 g/mol. The number of hydroxylamine groups is 1. The highest BCUT2D eigenvalue weighted by Gasteiger charge is 2.24. The van der Waals surface area contributed by atoms with Crippen LogP contribution >= 0.6 is 0 Å². The molecular weight excluding hydrogens is 589 g/mol. The molecule has 1 aliphatic carbocycles. The van der Waals surface area contributed by atoms with Gasteiger partial charge in [-0.1, -0.05) is 42.8 Å². The maximum Gasteiger partial charge on any atom is 0.411 e. The first-order chi connectivity index (χ1) is 22.5. The molecule has 0 unspecified atom stereocenters. The molecule has 3 aromatic rings. The normalized spacial score (nSPS) is 13.4. The zero-order valence-corrected chi connectivity index (χ0v) is 26.6. The standard InChI is InChI=1S/C35H48FN5O5/c36-31-23-30(34(42)46-29-12-2-1-3-13-29)32(41-35(43)44-25-26-14-15-27-10-4-5-11-28(27)22-26)24-33(31)39-19-9-20-40-45-21-7-6-17-38-18-8-16-37/h4-5,10-11,14-15,22-24,29,38-40H,1-3,6-9,12-13,16-21,25,37H2,(H,41,43). The van der Waals surface area contributed by atoms with Crippen molar-refractivity contribution >= 4 is 34.2 Å². The Morgan fingerprint density at radius 3 is 2.48 bits per heavy atom. The van der Waals surface area contributed by atoms with Gasteiger partial charge in [-0.2, -0.15) is 0 Å². The van der Waals surface area contributed by atoms with Gasteiger partial charge in [0.15, 0.2) is 0 Å². The zero-order chi connectivity index (χ0) is 32.4. The van der Waals surface area contributed by atoms with Gasteiger partial charge in [0.1, 0.15) is 18.5 Å². The second kappa shape index (κ2) is 19.7. The predicted molar refractivity (Wildman–Crippen MR) is 179 cm³/mol. The Kier molecular flexibility index (Phi) is 15.0. The van der Waals surface area contributed by atoms with Crippen molar-refractivity contribution in [1.29, 1.82) is 0 Å². The van der Waals surface area contributed by atoms with E-state index in [0.29, 0.717) is 32.7 Å². The number of hydrogen-bond donors (Lipinski definition) is 5. The summed E-state index contributed by atoms with van der Waals surface area (Å²) < 4.78 is 26.4. The molecule has 0 atom stereocenters. The van der Waals surface area contributed by atoms with E-state index in [1.165, 1.54) is 6.07 Å². The zero-order valence-electron chi connectivity index (χ0n) is 26.6. The van der Waals surface area contributed by atoms with E-state index in [9.17, 15) is 9.59 Å². The van der Waals surface area contributed by atoms with E-state index in [1.807, 2.05) is 42.5 Å². The first-order valence-electron chi connectivity index (χ1n) is 16.5. The SMILES string of the molecule is NCCCNCCCCONCCCNc1cc(NC(=O)OCc2ccc3ccccc3c2)c(C(=O)OC2CCCCC2)cc1F. The molecule has 11 heteroatoms. The van der Waals surface area contributed by atoms with E-state index in [4.69, 9.17) is 20.0 Å². The van der Waals surface area contributed by atoms with Gasteiger partial charge in [-0.3, -0.25) is 5.32 Å². The molecule has 250 valence electrons. The number of halogens is 1. The Morgan fingerprint density at radius 2 is 1.65 bits per heavy atom. The van der Waals surface area contributed by atoms with Crippen molar-refractivity contribution in [3.8, 4) is 0 Å². The lowest BCUT2D eigenvalue weighted by Crippen LogP contribution is -2.23. The number of ether oxygens (including phenoxy) is 2. The molecular formula is C35H48FN5O5. The summed E-state index contributed by atoms with van der Waals surface area (Å²) in [6.07, 6.45) is 7.21. The van der Waals surface area contributed by atoms with Gasteiger partial charge in [-0.05, 0) is 106 Å². The van der Waals surface area contributed by atoms with E-state index >= 15 is 4.39 Å². The van der Waals surface area contributed by atoms with E-state index < -0.39 is 17.9 Å². The third kappa shape index (κ3) is 11.9. The first-order valence-corrected chi connectivity index (χ1v) is 16.5. The highest BCUT2D eigenvalue weighted by molar-refractivity contribution is 6.00. The van der Waals surface area contributed by atoms with E-state index in [-0.39, 0.29) is 29.6 Å². The minimum Gasteiger partial charge on any atom is -0.459 e. The Bertz CT molecular complexity index is 1380. The van der Waals surface area contributed by atoms with Crippen LogP contribution < -0.4 is 27.2 Å². The van der Waals surface area contributed by atoms with Gasteiger partial charge >= 0.3 is 12.1 Å². The molecule has 0 spiro atoms. The quantitative estimate of drug-likeness (QED) is 0.0586. The molecule has 4 rings (SSSR count). The fraction of sp³-hybridized carbons (Fsp3) is 0.486. The lowest BCUT2D eigenvalue weighted by atomic mass is 9.98. The maximum absolute atomic E-state index is 15.2. The largest absolute Gasteiger partial charge is 0.459 e. The number of carbonyl (C=O) groups excluding carboxylic acids is 2. The molecule has 6 N–H and O–H groups in total. The maximum atomic E-state index is 15.2. The molecule has 0 heterocycles. The summed E-state index contributed by atoms with van der Waals surface area (Å²) in [5.74, 6) is -1.29. The minimum absolute atomic E-state index is 0.0333. The van der Waals surface area contributed by atoms with Crippen molar-refractivity contribution in [3.63, 3.8) is 0 Å². The molecule has 46 heavy (non-hydrogen) atoms. The number of amides is 1. The molecule has 1 saturated carbocycles. The van der Waals surface area contributed by atoms with Gasteiger partial charge in [0.25, 0.3) is 0 Å². The number of anilines is 2. The minimum atomic E-state index is -0.759. The van der Waals surface area contributed by atoms with Crippen LogP contribution in [0.5, 0.6) is 0 Å². The Hall–Kier alpha value is -3.77. The van der Waals surface area contributed by atoms with Gasteiger partial charge in [-0.25, -0.2) is 19.5 Å². The van der Waals surface area contributed by atoms with E-state index in [1.54, 1.807) is 0 Å². The number of rotatable bonds is 19. The van der Waals surface area contributed by atoms with Crippen molar-refractivity contribution in [2.24, 2.45) is 5.73 Å². The molecule has 0 bridgehead atoms. The smallest absolute Gasteiger partial charge is 0.411 e. The summed E-state index contributed by atoms with van der Waals surface area (Å²) in [5.41, 5.74) is 9.45. The molecule has 10 nitrogen and oxygen atoms in total. The molecule has 1 fully saturated rings. The molecule has 0 saturated heterocycles. The highest BCUT2D eigenvalue weighted by Crippen LogP contribution is 2.28. The van der Waals surface area contributed by atoms with Crippen molar-refractivity contribution in [1.82, 2.24) is 10.8 Å². The van der Waals surface area contributed by atoms with Gasteiger partial charge in [-0.15, -0.1) is 0 Å². The second-order valence-corrected chi connectivity index (χ2v) is 11.5. The summed E-state index contributed by atoms with van der Waals surface area (Å²) >= 11 is 0. The predicted octanol–water partition coefficient (Wildman–Crippen LogP) is 6.26. The van der Waals surface area contributed by atoms with Gasteiger partial charge in [0.05, 0.1) is 23.5 Å². The summed E-state index contributed by atoms with van der Waals surface area (Å²) in [6.45, 7) is 4.22. The molecule has 1 aliphatic rings. The number of benzene rings is 3. The lowest BCUT2D eigenvalue weighted by molar-refractivity contribution is 0.0212. The summed E-state index contributed by atoms with van der Waals surface area (Å²) in [4.78, 5) is 31.5. The Balaban J connectivity index is 1.29. The molecule has 0 radical (unpaired) electrons. The molecule has 0 aromatic heterocycles. The first kappa shape index (κ1) is 35.1. The Labute approximate surface area is 270 Å². The second-order valence-electron chi connectivity index (χ2n) is 11.5. The van der Waals surface area contributed by atoms with Gasteiger partial charge in [0, 0.05) is 13.1 Å². The van der Waals surface area contributed by atoms with Crippen LogP contribution in [-0.2, 0) is 20.9 Å². The number of carbonyl (C=O) groups is 2. The van der Waals surface area contributed by atoms with Crippen molar-refractivity contribution in [2.45, 2.75) is 70.5 Å². The van der Waals surface area contributed by atoms with Gasteiger partial charge in [0.2, 0.25) is 0 Å². The highest BCUT2D eigenvalue weighted by atomic mass is 19.1. The van der Waals surface area contributed by atoms with Crippen molar-refractivity contribution in [3.05, 3.63) is 71.5 Å². The van der Waals surface area contributed by atoms with Crippen LogP contribution in [0.2, 0.25) is 0 Å². The number of nitrogens with one attached hydrogen (secondary N) is 4. The third-order valence-electron chi connectivity index (χ3n) is 7.85. The fourth-order valence-electron chi connectivity index (χ4n) is 5.31. The summed E-state index contributed by atoms with van der Waals surface area (Å²) in [5, 5.41) is 11.2. The number of hydrogen-bond acceptors (Lipinski definition) is 9. The molecule has 3 aromatic carbocycles. The summed E-state index contributed by atoms with van der Waals surface area (Å²) in [6, 6.07) is 16.3. The fourth-order valence-corrected chi connectivity index (χ4v) is 5.31. The number of nitrogens with two attached hydrogens (primary N) is 1. The average Bonchev–Trinajstić information content (AvgIpc) is 3.07. The van der Waals surface area contributed by atoms with Crippen LogP contribution in [0.4, 0.5) is 20.6 Å². The lowest BCUT2D eigenvalue weighted by Gasteiger charge is -2.22. The number of fused-ring (bicyclic) bond motifs is 1. The van der Waals surface area contributed by atoms with Crippen LogP contribution in [-0.4, -0.2) is 57.5 Å². The van der Waals surface area contributed by atoms with Crippen molar-refractivity contribution in [2.75, 3.05) is 50.0 Å². The topological polar surface area (TPSA) is 136 Å². The van der Waals surface area contributed by atoms with E-state index in [2.05, 4.69) is 21.4 Å². The van der Waals surface area contributed by atoms with E-state index in [0.717, 1.165) is 86.9 Å². The molecule has 1 amide bonds. The van der Waals surface area contributed by atoms with Crippen LogP contribution in [0.1, 0.15) is 73.7 Å². The third-order valence-corrected chi connectivity index (χ3v) is 7.85.